The Kier molecular flexibility index (Phi) is 3.76. The van der Waals surface area contributed by atoms with Crippen molar-refractivity contribution in [3.05, 3.63) is 45.5 Å². The minimum absolute atomic E-state index is 0.541. The number of rotatable bonds is 3. The fraction of sp³-hybridized carbons (Fsp3) is 0.429. The number of nitrogens with one attached hydrogen (secondary N) is 1. The third-order valence-corrected chi connectivity index (χ3v) is 4.36. The monoisotopic (exact) mass is 295 g/mol. The van der Waals surface area contributed by atoms with Crippen molar-refractivity contribution in [2.45, 2.75) is 38.0 Å². The van der Waals surface area contributed by atoms with E-state index in [9.17, 15) is 0 Å². The van der Waals surface area contributed by atoms with Gasteiger partial charge in [0.05, 0.1) is 10.0 Å². The van der Waals surface area contributed by atoms with Crippen molar-refractivity contribution in [3.63, 3.8) is 0 Å². The van der Waals surface area contributed by atoms with E-state index in [1.165, 1.54) is 25.7 Å². The molecule has 3 nitrogen and oxygen atoms in total. The number of hydrogen-bond acceptors (Lipinski definition) is 2. The summed E-state index contributed by atoms with van der Waals surface area (Å²) < 4.78 is 0. The molecule has 0 bridgehead atoms. The van der Waals surface area contributed by atoms with Crippen LogP contribution in [-0.2, 0) is 6.42 Å². The smallest absolute Gasteiger partial charge is 0.153 e. The molecule has 3 rings (SSSR count). The van der Waals surface area contributed by atoms with Gasteiger partial charge in [0, 0.05) is 12.3 Å². The lowest BCUT2D eigenvalue weighted by Gasteiger charge is -2.02. The molecule has 1 heterocycles. The van der Waals surface area contributed by atoms with Crippen LogP contribution in [0.5, 0.6) is 0 Å². The number of benzene rings is 1. The quantitative estimate of drug-likeness (QED) is 0.914. The highest BCUT2D eigenvalue weighted by Gasteiger charge is 2.21. The lowest BCUT2D eigenvalue weighted by Crippen LogP contribution is -1.95. The summed E-state index contributed by atoms with van der Waals surface area (Å²) in [7, 11) is 0. The first-order valence-electron chi connectivity index (χ1n) is 6.57. The van der Waals surface area contributed by atoms with Crippen molar-refractivity contribution in [2.75, 3.05) is 0 Å². The summed E-state index contributed by atoms with van der Waals surface area (Å²) in [6.45, 7) is 0. The van der Waals surface area contributed by atoms with E-state index in [4.69, 9.17) is 23.2 Å². The highest BCUT2D eigenvalue weighted by molar-refractivity contribution is 6.42. The molecular weight excluding hydrogens is 281 g/mol. The van der Waals surface area contributed by atoms with Gasteiger partial charge in [-0.2, -0.15) is 5.10 Å². The van der Waals surface area contributed by atoms with Crippen LogP contribution < -0.4 is 0 Å². The van der Waals surface area contributed by atoms with Gasteiger partial charge in [-0.3, -0.25) is 5.10 Å². The first-order valence-corrected chi connectivity index (χ1v) is 7.33. The molecule has 0 spiro atoms. The van der Waals surface area contributed by atoms with Gasteiger partial charge in [-0.1, -0.05) is 42.1 Å². The average Bonchev–Trinajstić information content (AvgIpc) is 3.04. The molecule has 0 aliphatic heterocycles. The summed E-state index contributed by atoms with van der Waals surface area (Å²) in [6.07, 6.45) is 5.72. The number of halogens is 2. The molecule has 1 N–H and O–H groups in total. The number of nitrogens with zero attached hydrogens (tertiary/aromatic N) is 2. The normalized spacial score (nSPS) is 16.1. The van der Waals surface area contributed by atoms with Crippen LogP contribution in [0.25, 0.3) is 0 Å². The summed E-state index contributed by atoms with van der Waals surface area (Å²) in [5.74, 6) is 2.40. The Balaban J connectivity index is 1.74. The van der Waals surface area contributed by atoms with E-state index >= 15 is 0 Å². The molecule has 5 heteroatoms. The molecule has 0 atom stereocenters. The zero-order valence-corrected chi connectivity index (χ0v) is 12.0. The SMILES string of the molecule is Clc1ccc(Cc2nc(C3CCCC3)n[nH]2)cc1Cl. The first kappa shape index (κ1) is 12.9. The van der Waals surface area contributed by atoms with Gasteiger partial charge in [0.25, 0.3) is 0 Å². The van der Waals surface area contributed by atoms with Gasteiger partial charge in [-0.05, 0) is 30.5 Å². The molecule has 0 radical (unpaired) electrons. The van der Waals surface area contributed by atoms with Crippen molar-refractivity contribution in [1.82, 2.24) is 15.2 Å². The van der Waals surface area contributed by atoms with Crippen LogP contribution in [0.1, 0.15) is 48.8 Å². The summed E-state index contributed by atoms with van der Waals surface area (Å²) in [5.41, 5.74) is 1.09. The fourth-order valence-corrected chi connectivity index (χ4v) is 2.92. The Bertz CT molecular complexity index is 574. The molecule has 0 amide bonds. The van der Waals surface area contributed by atoms with Crippen LogP contribution in [0.4, 0.5) is 0 Å². The molecule has 1 aliphatic rings. The van der Waals surface area contributed by atoms with Crippen molar-refractivity contribution >= 4 is 23.2 Å². The maximum Gasteiger partial charge on any atom is 0.153 e. The predicted octanol–water partition coefficient (Wildman–Crippen LogP) is 4.36. The van der Waals surface area contributed by atoms with E-state index < -0.39 is 0 Å². The lowest BCUT2D eigenvalue weighted by molar-refractivity contribution is 0.671. The van der Waals surface area contributed by atoms with E-state index in [2.05, 4.69) is 15.2 Å². The van der Waals surface area contributed by atoms with Gasteiger partial charge in [0.2, 0.25) is 0 Å². The number of H-pyrrole nitrogens is 1. The van der Waals surface area contributed by atoms with E-state index in [1.807, 2.05) is 18.2 Å². The largest absolute Gasteiger partial charge is 0.263 e. The summed E-state index contributed by atoms with van der Waals surface area (Å²) in [5, 5.41) is 8.52. The van der Waals surface area contributed by atoms with Crippen molar-refractivity contribution < 1.29 is 0 Å². The molecule has 100 valence electrons. The molecule has 1 fully saturated rings. The van der Waals surface area contributed by atoms with Gasteiger partial charge in [0.15, 0.2) is 5.82 Å². The summed E-state index contributed by atoms with van der Waals surface area (Å²) in [6, 6.07) is 5.65. The Morgan fingerprint density at radius 3 is 2.68 bits per heavy atom. The third kappa shape index (κ3) is 2.93. The zero-order chi connectivity index (χ0) is 13.2. The van der Waals surface area contributed by atoms with Gasteiger partial charge < -0.3 is 0 Å². The molecule has 1 aromatic carbocycles. The van der Waals surface area contributed by atoms with Gasteiger partial charge in [0.1, 0.15) is 5.82 Å². The topological polar surface area (TPSA) is 41.6 Å². The van der Waals surface area contributed by atoms with Gasteiger partial charge in [-0.15, -0.1) is 0 Å². The second-order valence-electron chi connectivity index (χ2n) is 5.05. The molecule has 0 unspecified atom stereocenters. The fourth-order valence-electron chi connectivity index (χ4n) is 2.60. The van der Waals surface area contributed by atoms with E-state index in [1.54, 1.807) is 0 Å². The summed E-state index contributed by atoms with van der Waals surface area (Å²) >= 11 is 11.9. The highest BCUT2D eigenvalue weighted by Crippen LogP contribution is 2.32. The zero-order valence-electron chi connectivity index (χ0n) is 10.5. The minimum atomic E-state index is 0.541. The standard InChI is InChI=1S/C14H15Cl2N3/c15-11-6-5-9(7-12(11)16)8-13-17-14(19-18-13)10-3-1-2-4-10/h5-7,10H,1-4,8H2,(H,17,18,19). The number of aromatic amines is 1. The lowest BCUT2D eigenvalue weighted by atomic mass is 10.1. The molecule has 1 saturated carbocycles. The van der Waals surface area contributed by atoms with Crippen LogP contribution in [0.15, 0.2) is 18.2 Å². The predicted molar refractivity (Wildman–Crippen MR) is 76.9 cm³/mol. The van der Waals surface area contributed by atoms with E-state index in [0.29, 0.717) is 22.4 Å². The Morgan fingerprint density at radius 2 is 1.95 bits per heavy atom. The number of aromatic nitrogens is 3. The maximum atomic E-state index is 6.01. The van der Waals surface area contributed by atoms with Gasteiger partial charge in [-0.25, -0.2) is 4.98 Å². The Labute approximate surface area is 122 Å². The second kappa shape index (κ2) is 5.51. The van der Waals surface area contributed by atoms with Crippen LogP contribution in [0.2, 0.25) is 10.0 Å². The van der Waals surface area contributed by atoms with Crippen molar-refractivity contribution in [1.29, 1.82) is 0 Å². The average molecular weight is 296 g/mol. The second-order valence-corrected chi connectivity index (χ2v) is 5.86. The van der Waals surface area contributed by atoms with Crippen LogP contribution in [0, 0.1) is 0 Å². The molecule has 0 saturated heterocycles. The van der Waals surface area contributed by atoms with Crippen LogP contribution >= 0.6 is 23.2 Å². The van der Waals surface area contributed by atoms with Crippen molar-refractivity contribution in [3.8, 4) is 0 Å². The van der Waals surface area contributed by atoms with Crippen molar-refractivity contribution in [2.24, 2.45) is 0 Å². The molecule has 2 aromatic rings. The van der Waals surface area contributed by atoms with E-state index in [0.717, 1.165) is 17.2 Å². The Hall–Kier alpha value is -1.06. The third-order valence-electron chi connectivity index (χ3n) is 3.62. The molecular formula is C14H15Cl2N3. The highest BCUT2D eigenvalue weighted by atomic mass is 35.5. The minimum Gasteiger partial charge on any atom is -0.263 e. The van der Waals surface area contributed by atoms with Crippen LogP contribution in [-0.4, -0.2) is 15.2 Å². The molecule has 1 aliphatic carbocycles. The van der Waals surface area contributed by atoms with Crippen LogP contribution in [0.3, 0.4) is 0 Å². The molecule has 19 heavy (non-hydrogen) atoms. The summed E-state index contributed by atoms with van der Waals surface area (Å²) in [4.78, 5) is 4.60. The molecule has 1 aromatic heterocycles. The van der Waals surface area contributed by atoms with E-state index in [-0.39, 0.29) is 0 Å². The maximum absolute atomic E-state index is 6.01. The number of hydrogen-bond donors (Lipinski definition) is 1. The Morgan fingerprint density at radius 1 is 1.16 bits per heavy atom. The first-order chi connectivity index (χ1) is 9.22. The van der Waals surface area contributed by atoms with Gasteiger partial charge >= 0.3 is 0 Å².